The largest absolute Gasteiger partial charge is 0.346 e. The maximum Gasteiger partial charge on any atom is 0.163 e. The van der Waals surface area contributed by atoms with Crippen LogP contribution in [-0.2, 0) is 13.1 Å². The zero-order chi connectivity index (χ0) is 13.8. The zero-order valence-electron chi connectivity index (χ0n) is 11.2. The lowest BCUT2D eigenvalue weighted by Gasteiger charge is -2.12. The van der Waals surface area contributed by atoms with Gasteiger partial charge in [-0.2, -0.15) is 0 Å². The van der Waals surface area contributed by atoms with Gasteiger partial charge in [-0.1, -0.05) is 26.0 Å². The molecule has 1 N–H and O–H groups in total. The van der Waals surface area contributed by atoms with E-state index in [1.165, 1.54) is 6.07 Å². The zero-order valence-corrected chi connectivity index (χ0v) is 11.2. The minimum Gasteiger partial charge on any atom is -0.346 e. The lowest BCUT2D eigenvalue weighted by Crippen LogP contribution is -2.23. The first-order valence-corrected chi connectivity index (χ1v) is 6.38. The van der Waals surface area contributed by atoms with Crippen LogP contribution in [0, 0.1) is 11.6 Å². The average Bonchev–Trinajstić information content (AvgIpc) is 2.80. The summed E-state index contributed by atoms with van der Waals surface area (Å²) in [6.45, 7) is 5.19. The van der Waals surface area contributed by atoms with Crippen molar-refractivity contribution in [1.82, 2.24) is 9.88 Å². The summed E-state index contributed by atoms with van der Waals surface area (Å²) in [6, 6.07) is 8.55. The monoisotopic (exact) mass is 264 g/mol. The highest BCUT2D eigenvalue weighted by molar-refractivity contribution is 5.21. The van der Waals surface area contributed by atoms with Crippen LogP contribution < -0.4 is 5.32 Å². The SMILES string of the molecule is CC(C)NCc1cccn1Cc1cccc(F)c1F. The topological polar surface area (TPSA) is 17.0 Å². The van der Waals surface area contributed by atoms with Gasteiger partial charge in [-0.3, -0.25) is 0 Å². The third-order valence-electron chi connectivity index (χ3n) is 2.99. The van der Waals surface area contributed by atoms with Crippen LogP contribution >= 0.6 is 0 Å². The van der Waals surface area contributed by atoms with E-state index in [9.17, 15) is 8.78 Å². The highest BCUT2D eigenvalue weighted by Gasteiger charge is 2.09. The van der Waals surface area contributed by atoms with Crippen LogP contribution in [0.4, 0.5) is 8.78 Å². The van der Waals surface area contributed by atoms with Crippen LogP contribution in [0.15, 0.2) is 36.5 Å². The van der Waals surface area contributed by atoms with E-state index in [0.29, 0.717) is 24.7 Å². The Morgan fingerprint density at radius 1 is 1.16 bits per heavy atom. The average molecular weight is 264 g/mol. The van der Waals surface area contributed by atoms with E-state index in [1.807, 2.05) is 22.9 Å². The molecule has 1 aromatic heterocycles. The van der Waals surface area contributed by atoms with Gasteiger partial charge in [0.25, 0.3) is 0 Å². The van der Waals surface area contributed by atoms with Crippen molar-refractivity contribution >= 4 is 0 Å². The van der Waals surface area contributed by atoms with Crippen molar-refractivity contribution < 1.29 is 8.78 Å². The molecule has 0 radical (unpaired) electrons. The lowest BCUT2D eigenvalue weighted by atomic mass is 10.2. The molecule has 0 saturated heterocycles. The Labute approximate surface area is 112 Å². The van der Waals surface area contributed by atoms with Gasteiger partial charge in [0, 0.05) is 30.0 Å². The van der Waals surface area contributed by atoms with Gasteiger partial charge in [0.1, 0.15) is 0 Å². The Bertz CT molecular complexity index is 547. The van der Waals surface area contributed by atoms with Crippen molar-refractivity contribution in [3.05, 3.63) is 59.4 Å². The molecule has 2 rings (SSSR count). The van der Waals surface area contributed by atoms with Crippen molar-refractivity contribution in [2.45, 2.75) is 33.0 Å². The first-order valence-electron chi connectivity index (χ1n) is 6.38. The minimum atomic E-state index is -0.800. The third kappa shape index (κ3) is 3.41. The van der Waals surface area contributed by atoms with Gasteiger partial charge in [-0.05, 0) is 18.2 Å². The molecule has 2 aromatic rings. The van der Waals surface area contributed by atoms with Gasteiger partial charge in [0.2, 0.25) is 0 Å². The summed E-state index contributed by atoms with van der Waals surface area (Å²) in [5, 5.41) is 3.31. The molecule has 0 spiro atoms. The van der Waals surface area contributed by atoms with E-state index in [0.717, 1.165) is 11.8 Å². The Morgan fingerprint density at radius 3 is 2.68 bits per heavy atom. The second-order valence-corrected chi connectivity index (χ2v) is 4.88. The van der Waals surface area contributed by atoms with E-state index in [4.69, 9.17) is 0 Å². The quantitative estimate of drug-likeness (QED) is 0.876. The number of aromatic nitrogens is 1. The van der Waals surface area contributed by atoms with Crippen LogP contribution in [0.25, 0.3) is 0 Å². The first kappa shape index (κ1) is 13.7. The number of nitrogens with one attached hydrogen (secondary N) is 1. The fourth-order valence-corrected chi connectivity index (χ4v) is 1.93. The third-order valence-corrected chi connectivity index (χ3v) is 2.99. The summed E-state index contributed by atoms with van der Waals surface area (Å²) in [5.41, 5.74) is 1.42. The van der Waals surface area contributed by atoms with Crippen LogP contribution in [0.1, 0.15) is 25.1 Å². The second-order valence-electron chi connectivity index (χ2n) is 4.88. The molecule has 0 bridgehead atoms. The predicted molar refractivity (Wildman–Crippen MR) is 71.9 cm³/mol. The highest BCUT2D eigenvalue weighted by Crippen LogP contribution is 2.14. The predicted octanol–water partition coefficient (Wildman–Crippen LogP) is 3.31. The summed E-state index contributed by atoms with van der Waals surface area (Å²) in [6.07, 6.45) is 1.88. The van der Waals surface area contributed by atoms with E-state index in [1.54, 1.807) is 6.07 Å². The molecular formula is C15H18F2N2. The van der Waals surface area contributed by atoms with Gasteiger partial charge in [-0.25, -0.2) is 8.78 Å². The Kier molecular flexibility index (Phi) is 4.32. The molecule has 1 aromatic carbocycles. The lowest BCUT2D eigenvalue weighted by molar-refractivity contribution is 0.493. The summed E-state index contributed by atoms with van der Waals surface area (Å²) >= 11 is 0. The Hall–Kier alpha value is -1.68. The molecule has 4 heteroatoms. The number of benzene rings is 1. The minimum absolute atomic E-state index is 0.339. The first-order chi connectivity index (χ1) is 9.08. The Balaban J connectivity index is 2.15. The maximum atomic E-state index is 13.6. The molecule has 19 heavy (non-hydrogen) atoms. The van der Waals surface area contributed by atoms with E-state index < -0.39 is 11.6 Å². The maximum absolute atomic E-state index is 13.6. The highest BCUT2D eigenvalue weighted by atomic mass is 19.2. The molecule has 102 valence electrons. The number of rotatable bonds is 5. The molecule has 2 nitrogen and oxygen atoms in total. The standard InChI is InChI=1S/C15H18F2N2/c1-11(2)18-9-13-6-4-8-19(13)10-12-5-3-7-14(16)15(12)17/h3-8,11,18H,9-10H2,1-2H3. The second kappa shape index (κ2) is 5.97. The number of hydrogen-bond acceptors (Lipinski definition) is 1. The number of hydrogen-bond donors (Lipinski definition) is 1. The fourth-order valence-electron chi connectivity index (χ4n) is 1.93. The van der Waals surface area contributed by atoms with E-state index in [-0.39, 0.29) is 0 Å². The fraction of sp³-hybridized carbons (Fsp3) is 0.333. The van der Waals surface area contributed by atoms with Crippen molar-refractivity contribution in [2.75, 3.05) is 0 Å². The van der Waals surface area contributed by atoms with Gasteiger partial charge < -0.3 is 9.88 Å². The van der Waals surface area contributed by atoms with Crippen LogP contribution in [-0.4, -0.2) is 10.6 Å². The molecule has 0 aliphatic rings. The summed E-state index contributed by atoms with van der Waals surface area (Å²) in [5.74, 6) is -1.56. The Morgan fingerprint density at radius 2 is 1.95 bits per heavy atom. The molecule has 1 heterocycles. The van der Waals surface area contributed by atoms with Crippen molar-refractivity contribution in [3.63, 3.8) is 0 Å². The van der Waals surface area contributed by atoms with Crippen molar-refractivity contribution in [3.8, 4) is 0 Å². The van der Waals surface area contributed by atoms with Gasteiger partial charge in [0.05, 0.1) is 6.54 Å². The molecular weight excluding hydrogens is 246 g/mol. The molecule has 0 amide bonds. The molecule has 0 aliphatic carbocycles. The van der Waals surface area contributed by atoms with E-state index >= 15 is 0 Å². The number of halogens is 2. The molecule has 0 saturated carbocycles. The van der Waals surface area contributed by atoms with Crippen LogP contribution in [0.2, 0.25) is 0 Å². The summed E-state index contributed by atoms with van der Waals surface area (Å²) in [7, 11) is 0. The van der Waals surface area contributed by atoms with Gasteiger partial charge in [-0.15, -0.1) is 0 Å². The van der Waals surface area contributed by atoms with Crippen LogP contribution in [0.3, 0.4) is 0 Å². The summed E-state index contributed by atoms with van der Waals surface area (Å²) in [4.78, 5) is 0. The van der Waals surface area contributed by atoms with Crippen molar-refractivity contribution in [2.24, 2.45) is 0 Å². The molecule has 0 aliphatic heterocycles. The number of nitrogens with zero attached hydrogens (tertiary/aromatic N) is 1. The van der Waals surface area contributed by atoms with E-state index in [2.05, 4.69) is 19.2 Å². The molecule has 0 unspecified atom stereocenters. The van der Waals surface area contributed by atoms with Crippen LogP contribution in [0.5, 0.6) is 0 Å². The molecule has 0 fully saturated rings. The van der Waals surface area contributed by atoms with Gasteiger partial charge >= 0.3 is 0 Å². The van der Waals surface area contributed by atoms with Gasteiger partial charge in [0.15, 0.2) is 11.6 Å². The smallest absolute Gasteiger partial charge is 0.163 e. The molecule has 0 atom stereocenters. The van der Waals surface area contributed by atoms with Crippen molar-refractivity contribution in [1.29, 1.82) is 0 Å². The normalized spacial score (nSPS) is 11.2. The summed E-state index contributed by atoms with van der Waals surface area (Å²) < 4.78 is 28.7.